The second-order valence-corrected chi connectivity index (χ2v) is 13.2. The third kappa shape index (κ3) is 43.5. The van der Waals surface area contributed by atoms with Crippen molar-refractivity contribution >= 4 is 5.97 Å². The van der Waals surface area contributed by atoms with Crippen molar-refractivity contribution in [1.82, 2.24) is 0 Å². The van der Waals surface area contributed by atoms with E-state index in [2.05, 4.69) is 13.8 Å². The third-order valence-electron chi connectivity index (χ3n) is 8.64. The Bertz CT molecular complexity index is 497. The van der Waals surface area contributed by atoms with Crippen LogP contribution in [0.25, 0.3) is 0 Å². The highest BCUT2D eigenvalue weighted by atomic mass is 16.5. The largest absolute Gasteiger partial charge is 0.463 e. The summed E-state index contributed by atoms with van der Waals surface area (Å²) in [6, 6.07) is 0. The van der Waals surface area contributed by atoms with E-state index in [-0.39, 0.29) is 19.2 Å². The molecule has 0 spiro atoms. The molecule has 44 heavy (non-hydrogen) atoms. The maximum Gasteiger partial charge on any atom is 0.305 e. The maximum atomic E-state index is 11.4. The van der Waals surface area contributed by atoms with Crippen molar-refractivity contribution in [2.45, 2.75) is 225 Å². The molecule has 1 atom stereocenters. The zero-order valence-electron chi connectivity index (χ0n) is 30.0. The molecule has 0 bridgehead atoms. The van der Waals surface area contributed by atoms with Gasteiger partial charge in [-0.25, -0.2) is 0 Å². The lowest BCUT2D eigenvalue weighted by molar-refractivity contribution is -0.147. The van der Waals surface area contributed by atoms with Crippen LogP contribution in [-0.2, 0) is 9.53 Å². The number of hydrogen-bond donors (Lipinski definition) is 3. The van der Waals surface area contributed by atoms with Gasteiger partial charge in [0, 0.05) is 13.0 Å². The smallest absolute Gasteiger partial charge is 0.305 e. The highest BCUT2D eigenvalue weighted by Crippen LogP contribution is 2.15. The van der Waals surface area contributed by atoms with Crippen molar-refractivity contribution in [3.05, 3.63) is 0 Å². The van der Waals surface area contributed by atoms with Crippen LogP contribution in [0.3, 0.4) is 0 Å². The topological polar surface area (TPSA) is 87.0 Å². The van der Waals surface area contributed by atoms with E-state index < -0.39 is 6.10 Å². The van der Waals surface area contributed by atoms with E-state index in [1.165, 1.54) is 180 Å². The van der Waals surface area contributed by atoms with Crippen LogP contribution in [0.5, 0.6) is 0 Å². The Hall–Kier alpha value is -0.650. The summed E-state index contributed by atoms with van der Waals surface area (Å²) in [5.74, 6) is -0.276. The molecular formula is C39H80O5. The van der Waals surface area contributed by atoms with E-state index in [9.17, 15) is 4.79 Å². The number of ether oxygens (including phenoxy) is 1. The second-order valence-electron chi connectivity index (χ2n) is 13.2. The summed E-state index contributed by atoms with van der Waals surface area (Å²) in [7, 11) is 0. The zero-order chi connectivity index (χ0) is 32.6. The summed E-state index contributed by atoms with van der Waals surface area (Å²) >= 11 is 0. The highest BCUT2D eigenvalue weighted by molar-refractivity contribution is 5.69. The minimum atomic E-state index is -0.954. The van der Waals surface area contributed by atoms with E-state index in [1.54, 1.807) is 0 Å². The van der Waals surface area contributed by atoms with E-state index in [4.69, 9.17) is 20.1 Å². The molecule has 5 nitrogen and oxygen atoms in total. The van der Waals surface area contributed by atoms with Gasteiger partial charge in [-0.05, 0) is 12.8 Å². The first-order valence-electron chi connectivity index (χ1n) is 19.7. The summed E-state index contributed by atoms with van der Waals surface area (Å²) in [4.78, 5) is 11.4. The molecule has 0 aromatic carbocycles. The van der Waals surface area contributed by atoms with Gasteiger partial charge < -0.3 is 20.1 Å². The molecular weight excluding hydrogens is 548 g/mol. The summed E-state index contributed by atoms with van der Waals surface area (Å²) in [6.07, 6.45) is 41.2. The van der Waals surface area contributed by atoms with Crippen LogP contribution in [0.15, 0.2) is 0 Å². The highest BCUT2D eigenvalue weighted by Gasteiger charge is 2.07. The Labute approximate surface area is 275 Å². The Morgan fingerprint density at radius 2 is 0.727 bits per heavy atom. The molecule has 0 aliphatic heterocycles. The number of aliphatic hydroxyl groups excluding tert-OH is 3. The zero-order valence-corrected chi connectivity index (χ0v) is 30.0. The molecule has 0 heterocycles. The van der Waals surface area contributed by atoms with Crippen molar-refractivity contribution in [1.29, 1.82) is 0 Å². The Morgan fingerprint density at radius 1 is 0.455 bits per heavy atom. The van der Waals surface area contributed by atoms with Crippen molar-refractivity contribution < 1.29 is 24.9 Å². The number of hydrogen-bond acceptors (Lipinski definition) is 5. The van der Waals surface area contributed by atoms with Gasteiger partial charge in [0.15, 0.2) is 0 Å². The van der Waals surface area contributed by atoms with Crippen LogP contribution in [0, 0.1) is 0 Å². The molecule has 0 rings (SSSR count). The van der Waals surface area contributed by atoms with E-state index in [1.807, 2.05) is 0 Å². The van der Waals surface area contributed by atoms with E-state index >= 15 is 0 Å². The van der Waals surface area contributed by atoms with Gasteiger partial charge in [0.1, 0.15) is 12.7 Å². The minimum absolute atomic E-state index is 0.103. The number of aliphatic hydroxyl groups is 3. The second kappa shape index (κ2) is 42.3. The first-order valence-corrected chi connectivity index (χ1v) is 19.7. The molecule has 1 unspecified atom stereocenters. The molecule has 0 aliphatic rings. The number of unbranched alkanes of at least 4 members (excludes halogenated alkanes) is 29. The predicted molar refractivity (Wildman–Crippen MR) is 190 cm³/mol. The SMILES string of the molecule is CCCCCCCCCCCCCCCCCC(=O)OCC(O)CO.CCCCCCCCCCCCCCCCCCO. The molecule has 266 valence electrons. The number of carbonyl (C=O) groups excluding carboxylic acids is 1. The summed E-state index contributed by atoms with van der Waals surface area (Å²) < 4.78 is 4.86. The lowest BCUT2D eigenvalue weighted by atomic mass is 10.0. The van der Waals surface area contributed by atoms with E-state index in [0.717, 1.165) is 19.3 Å². The van der Waals surface area contributed by atoms with Gasteiger partial charge in [0.25, 0.3) is 0 Å². The fraction of sp³-hybridized carbons (Fsp3) is 0.974. The minimum Gasteiger partial charge on any atom is -0.463 e. The van der Waals surface area contributed by atoms with Crippen LogP contribution in [0.4, 0.5) is 0 Å². The Kier molecular flexibility index (Phi) is 43.8. The molecule has 0 fully saturated rings. The lowest BCUT2D eigenvalue weighted by Crippen LogP contribution is -2.21. The van der Waals surface area contributed by atoms with Crippen LogP contribution < -0.4 is 0 Å². The standard InChI is InChI=1S/C21H42O4.C18H38O/c1-2-3-4-5-6-7-8-9-10-11-12-13-14-15-16-17-21(24)25-19-20(23)18-22;1-2-3-4-5-6-7-8-9-10-11-12-13-14-15-16-17-18-19/h20,22-23H,2-19H2,1H3;19H,2-18H2,1H3. The average molecular weight is 629 g/mol. The number of esters is 1. The van der Waals surface area contributed by atoms with Gasteiger partial charge in [-0.2, -0.15) is 0 Å². The molecule has 0 radical (unpaired) electrons. The quantitative estimate of drug-likeness (QED) is 0.0480. The van der Waals surface area contributed by atoms with Crippen LogP contribution >= 0.6 is 0 Å². The van der Waals surface area contributed by atoms with E-state index in [0.29, 0.717) is 13.0 Å². The summed E-state index contributed by atoms with van der Waals surface area (Å²) in [6.45, 7) is 4.45. The van der Waals surface area contributed by atoms with Crippen LogP contribution in [0.1, 0.15) is 219 Å². The first kappa shape index (κ1) is 45.5. The van der Waals surface area contributed by atoms with Gasteiger partial charge in [-0.3, -0.25) is 4.79 Å². The van der Waals surface area contributed by atoms with Crippen molar-refractivity contribution in [3.8, 4) is 0 Å². The molecule has 0 amide bonds. The summed E-state index contributed by atoms with van der Waals surface area (Å²) in [5.41, 5.74) is 0. The molecule has 0 saturated carbocycles. The van der Waals surface area contributed by atoms with Gasteiger partial charge in [-0.1, -0.05) is 200 Å². The van der Waals surface area contributed by atoms with Crippen molar-refractivity contribution in [2.24, 2.45) is 0 Å². The lowest BCUT2D eigenvalue weighted by Gasteiger charge is -2.08. The van der Waals surface area contributed by atoms with Crippen molar-refractivity contribution in [3.63, 3.8) is 0 Å². The first-order chi connectivity index (χ1) is 21.6. The predicted octanol–water partition coefficient (Wildman–Crippen LogP) is 11.4. The van der Waals surface area contributed by atoms with Gasteiger partial charge >= 0.3 is 5.97 Å². The number of carbonyl (C=O) groups is 1. The third-order valence-corrected chi connectivity index (χ3v) is 8.64. The fourth-order valence-corrected chi connectivity index (χ4v) is 5.61. The molecule has 3 N–H and O–H groups in total. The summed E-state index contributed by atoms with van der Waals surface area (Å²) in [5, 5.41) is 26.4. The Morgan fingerprint density at radius 3 is 1.00 bits per heavy atom. The maximum absolute atomic E-state index is 11.4. The van der Waals surface area contributed by atoms with Crippen molar-refractivity contribution in [2.75, 3.05) is 19.8 Å². The molecule has 0 aromatic rings. The van der Waals surface area contributed by atoms with Gasteiger partial charge in [-0.15, -0.1) is 0 Å². The average Bonchev–Trinajstić information content (AvgIpc) is 3.03. The van der Waals surface area contributed by atoms with Crippen LogP contribution in [0.2, 0.25) is 0 Å². The van der Waals surface area contributed by atoms with Gasteiger partial charge in [0.2, 0.25) is 0 Å². The molecule has 0 aromatic heterocycles. The molecule has 0 saturated heterocycles. The van der Waals surface area contributed by atoms with Gasteiger partial charge in [0.05, 0.1) is 6.61 Å². The van der Waals surface area contributed by atoms with Crippen LogP contribution in [-0.4, -0.2) is 47.2 Å². The Balaban J connectivity index is 0. The molecule has 5 heteroatoms. The monoisotopic (exact) mass is 629 g/mol. The molecule has 0 aliphatic carbocycles. The fourth-order valence-electron chi connectivity index (χ4n) is 5.61. The number of rotatable bonds is 35. The normalized spacial score (nSPS) is 11.8.